The molecule has 1 aromatic rings. The van der Waals surface area contributed by atoms with E-state index in [9.17, 15) is 9.59 Å². The van der Waals surface area contributed by atoms with Gasteiger partial charge in [-0.3, -0.25) is 9.59 Å². The number of ether oxygens (including phenoxy) is 2. The molecule has 114 valence electrons. The Morgan fingerprint density at radius 2 is 1.81 bits per heavy atom. The van der Waals surface area contributed by atoms with Crippen LogP contribution in [-0.2, 0) is 22.4 Å². The van der Waals surface area contributed by atoms with Gasteiger partial charge in [0.05, 0.1) is 0 Å². The first kappa shape index (κ1) is 17.0. The van der Waals surface area contributed by atoms with E-state index in [-0.39, 0.29) is 5.75 Å². The molecule has 0 amide bonds. The monoisotopic (exact) mass is 290 g/mol. The summed E-state index contributed by atoms with van der Waals surface area (Å²) in [6.07, 6.45) is 3.15. The molecule has 0 aliphatic rings. The van der Waals surface area contributed by atoms with Gasteiger partial charge in [-0.1, -0.05) is 26.0 Å². The van der Waals surface area contributed by atoms with Crippen molar-refractivity contribution < 1.29 is 19.1 Å². The molecular weight excluding hydrogens is 268 g/mol. The van der Waals surface area contributed by atoms with Crippen LogP contribution in [0.4, 0.5) is 0 Å². The van der Waals surface area contributed by atoms with Gasteiger partial charge in [-0.2, -0.15) is 0 Å². The Hall–Kier alpha value is -2.10. The largest absolute Gasteiger partial charge is 0.423 e. The molecule has 4 nitrogen and oxygen atoms in total. The number of esters is 2. The molecule has 0 radical (unpaired) electrons. The minimum absolute atomic E-state index is 0.285. The minimum atomic E-state index is -0.449. The lowest BCUT2D eigenvalue weighted by atomic mass is 9.98. The smallest absolute Gasteiger partial charge is 0.308 e. The first-order valence-electron chi connectivity index (χ1n) is 6.97. The summed E-state index contributed by atoms with van der Waals surface area (Å²) in [5.74, 6) is 0.106. The molecule has 0 unspecified atom stereocenters. The van der Waals surface area contributed by atoms with Crippen molar-refractivity contribution >= 4 is 11.9 Å². The quantitative estimate of drug-likeness (QED) is 0.457. The Morgan fingerprint density at radius 1 is 1.19 bits per heavy atom. The summed E-state index contributed by atoms with van der Waals surface area (Å²) in [5.41, 5.74) is 1.82. The zero-order valence-electron chi connectivity index (χ0n) is 13.1. The van der Waals surface area contributed by atoms with Gasteiger partial charge in [0.1, 0.15) is 0 Å². The molecule has 1 rings (SSSR count). The van der Waals surface area contributed by atoms with Crippen LogP contribution in [0.3, 0.4) is 0 Å². The molecule has 1 aromatic carbocycles. The third-order valence-corrected chi connectivity index (χ3v) is 2.70. The highest BCUT2D eigenvalue weighted by Gasteiger charge is 2.17. The van der Waals surface area contributed by atoms with Crippen LogP contribution in [0, 0.1) is 5.92 Å². The minimum Gasteiger partial charge on any atom is -0.423 e. The second kappa shape index (κ2) is 7.62. The maximum atomic E-state index is 11.3. The van der Waals surface area contributed by atoms with Crippen LogP contribution >= 0.6 is 0 Å². The molecule has 0 spiro atoms. The molecule has 0 saturated carbocycles. The number of hydrogen-bond donors (Lipinski definition) is 0. The van der Waals surface area contributed by atoms with Crippen LogP contribution in [0.25, 0.3) is 0 Å². The highest BCUT2D eigenvalue weighted by molar-refractivity contribution is 5.74. The molecule has 0 aliphatic heterocycles. The number of carbonyl (C=O) groups excluding carboxylic acids is 2. The third-order valence-electron chi connectivity index (χ3n) is 2.70. The molecule has 0 atom stereocenters. The van der Waals surface area contributed by atoms with Crippen molar-refractivity contribution in [2.24, 2.45) is 5.92 Å². The first-order valence-corrected chi connectivity index (χ1v) is 6.97. The molecule has 0 aliphatic carbocycles. The maximum Gasteiger partial charge on any atom is 0.308 e. The van der Waals surface area contributed by atoms with Crippen LogP contribution in [0.15, 0.2) is 24.8 Å². The zero-order chi connectivity index (χ0) is 16.0. The predicted molar refractivity (Wildman–Crippen MR) is 81.5 cm³/mol. The van der Waals surface area contributed by atoms with Gasteiger partial charge >= 0.3 is 11.9 Å². The molecule has 0 saturated heterocycles. The summed E-state index contributed by atoms with van der Waals surface area (Å²) in [4.78, 5) is 22.6. The average Bonchev–Trinajstić information content (AvgIpc) is 2.32. The van der Waals surface area contributed by atoms with Gasteiger partial charge in [0, 0.05) is 13.8 Å². The fourth-order valence-corrected chi connectivity index (χ4v) is 2.09. The summed E-state index contributed by atoms with van der Waals surface area (Å²) in [6, 6.07) is 3.68. The number of rotatable bonds is 6. The Balaban J connectivity index is 3.38. The fourth-order valence-electron chi connectivity index (χ4n) is 2.09. The second-order valence-corrected chi connectivity index (χ2v) is 5.36. The number of carbonyl (C=O) groups is 2. The summed E-state index contributed by atoms with van der Waals surface area (Å²) >= 11 is 0. The highest BCUT2D eigenvalue weighted by atomic mass is 16.6. The molecule has 0 aromatic heterocycles. The first-order chi connectivity index (χ1) is 9.83. The van der Waals surface area contributed by atoms with Crippen LogP contribution < -0.4 is 9.47 Å². The van der Waals surface area contributed by atoms with Crippen LogP contribution in [0.1, 0.15) is 38.8 Å². The van der Waals surface area contributed by atoms with Gasteiger partial charge in [0.2, 0.25) is 0 Å². The lowest BCUT2D eigenvalue weighted by Crippen LogP contribution is -2.11. The number of allylic oxidation sites excluding steroid dienone is 1. The van der Waals surface area contributed by atoms with Gasteiger partial charge in [-0.15, -0.1) is 6.58 Å². The molecule has 4 heteroatoms. The van der Waals surface area contributed by atoms with E-state index in [0.29, 0.717) is 18.1 Å². The van der Waals surface area contributed by atoms with Gasteiger partial charge in [-0.25, -0.2) is 0 Å². The average molecular weight is 290 g/mol. The van der Waals surface area contributed by atoms with Crippen molar-refractivity contribution in [2.45, 2.75) is 40.5 Å². The predicted octanol–water partition coefficient (Wildman–Crippen LogP) is 3.46. The van der Waals surface area contributed by atoms with E-state index in [0.717, 1.165) is 17.5 Å². The normalized spacial score (nSPS) is 10.3. The van der Waals surface area contributed by atoms with Crippen LogP contribution in [0.2, 0.25) is 0 Å². The number of benzene rings is 1. The Labute approximate surface area is 125 Å². The molecule has 0 heterocycles. The van der Waals surface area contributed by atoms with E-state index < -0.39 is 11.9 Å². The van der Waals surface area contributed by atoms with Gasteiger partial charge in [0.15, 0.2) is 11.5 Å². The van der Waals surface area contributed by atoms with E-state index in [1.54, 1.807) is 12.1 Å². The van der Waals surface area contributed by atoms with E-state index in [2.05, 4.69) is 20.4 Å². The van der Waals surface area contributed by atoms with Gasteiger partial charge in [0.25, 0.3) is 0 Å². The maximum absolute atomic E-state index is 11.3. The fraction of sp³-hybridized carbons (Fsp3) is 0.412. The van der Waals surface area contributed by atoms with E-state index in [4.69, 9.17) is 9.47 Å². The summed E-state index contributed by atoms with van der Waals surface area (Å²) in [7, 11) is 0. The van der Waals surface area contributed by atoms with Crippen molar-refractivity contribution in [3.05, 3.63) is 35.9 Å². The van der Waals surface area contributed by atoms with E-state index in [1.807, 2.05) is 6.07 Å². The van der Waals surface area contributed by atoms with Crippen LogP contribution in [0.5, 0.6) is 11.5 Å². The molecule has 0 bridgehead atoms. The summed E-state index contributed by atoms with van der Waals surface area (Å²) in [6.45, 7) is 10.5. The number of hydrogen-bond acceptors (Lipinski definition) is 4. The third kappa shape index (κ3) is 5.42. The van der Waals surface area contributed by atoms with Gasteiger partial charge in [-0.05, 0) is 36.0 Å². The van der Waals surface area contributed by atoms with E-state index >= 15 is 0 Å². The molecule has 0 fully saturated rings. The van der Waals surface area contributed by atoms with Crippen molar-refractivity contribution in [3.8, 4) is 11.5 Å². The lowest BCUT2D eigenvalue weighted by molar-refractivity contribution is -0.134. The van der Waals surface area contributed by atoms with Crippen molar-refractivity contribution in [2.75, 3.05) is 0 Å². The molecular formula is C17H22O4. The van der Waals surface area contributed by atoms with Gasteiger partial charge < -0.3 is 9.47 Å². The highest BCUT2D eigenvalue weighted by Crippen LogP contribution is 2.35. The standard InChI is InChI=1S/C17H22O4/c1-6-7-14-9-15(8-11(2)3)17(21-13(5)19)16(10-14)20-12(4)18/h6,9-11H,1,7-8H2,2-5H3. The Kier molecular flexibility index (Phi) is 6.15. The zero-order valence-corrected chi connectivity index (χ0v) is 13.1. The summed E-state index contributed by atoms with van der Waals surface area (Å²) < 4.78 is 10.5. The molecule has 21 heavy (non-hydrogen) atoms. The topological polar surface area (TPSA) is 52.6 Å². The van der Waals surface area contributed by atoms with Crippen molar-refractivity contribution in [1.29, 1.82) is 0 Å². The van der Waals surface area contributed by atoms with Crippen molar-refractivity contribution in [3.63, 3.8) is 0 Å². The second-order valence-electron chi connectivity index (χ2n) is 5.36. The summed E-state index contributed by atoms with van der Waals surface area (Å²) in [5, 5.41) is 0. The SMILES string of the molecule is C=CCc1cc(CC(C)C)c(OC(C)=O)c(OC(C)=O)c1. The van der Waals surface area contributed by atoms with Crippen LogP contribution in [-0.4, -0.2) is 11.9 Å². The Bertz CT molecular complexity index is 544. The van der Waals surface area contributed by atoms with E-state index in [1.165, 1.54) is 13.8 Å². The van der Waals surface area contributed by atoms with Crippen molar-refractivity contribution in [1.82, 2.24) is 0 Å². The molecule has 0 N–H and O–H groups in total. The lowest BCUT2D eigenvalue weighted by Gasteiger charge is -2.16. The Morgan fingerprint density at radius 3 is 2.29 bits per heavy atom.